The average Bonchev–Trinajstić information content (AvgIpc) is 3.04. The van der Waals surface area contributed by atoms with Gasteiger partial charge in [-0.15, -0.1) is 23.1 Å². The Labute approximate surface area is 126 Å². The quantitative estimate of drug-likeness (QED) is 0.896. The molecule has 0 radical (unpaired) electrons. The number of aliphatic carboxylic acids is 1. The minimum atomic E-state index is -0.943. The van der Waals surface area contributed by atoms with Crippen LogP contribution in [0.2, 0.25) is 0 Å². The number of thioether (sulfide) groups is 1. The molecule has 3 atom stereocenters. The van der Waals surface area contributed by atoms with Crippen molar-refractivity contribution in [3.63, 3.8) is 0 Å². The first-order valence-corrected chi connectivity index (χ1v) is 8.44. The average molecular weight is 314 g/mol. The van der Waals surface area contributed by atoms with Crippen molar-refractivity contribution in [2.24, 2.45) is 0 Å². The molecule has 110 valence electrons. The summed E-state index contributed by atoms with van der Waals surface area (Å²) < 4.78 is 0. The van der Waals surface area contributed by atoms with Gasteiger partial charge in [0.1, 0.15) is 6.04 Å². The van der Waals surface area contributed by atoms with Crippen LogP contribution in [-0.2, 0) is 4.79 Å². The lowest BCUT2D eigenvalue weighted by Crippen LogP contribution is -2.50. The molecule has 3 unspecified atom stereocenters. The largest absolute Gasteiger partial charge is 0.480 e. The van der Waals surface area contributed by atoms with Crippen LogP contribution < -0.4 is 5.32 Å². The van der Waals surface area contributed by atoms with Crippen LogP contribution >= 0.6 is 23.1 Å². The highest BCUT2D eigenvalue weighted by atomic mass is 32.2. The fraction of sp³-hybridized carbons (Fsp3) is 0.538. The van der Waals surface area contributed by atoms with Crippen molar-refractivity contribution in [3.05, 3.63) is 22.4 Å². The zero-order chi connectivity index (χ0) is 14.7. The van der Waals surface area contributed by atoms with Crippen LogP contribution in [-0.4, -0.2) is 39.2 Å². The molecule has 1 aliphatic heterocycles. The van der Waals surface area contributed by atoms with E-state index in [2.05, 4.69) is 5.32 Å². The first-order valence-electron chi connectivity index (χ1n) is 6.51. The van der Waals surface area contributed by atoms with Crippen LogP contribution in [0.15, 0.2) is 17.5 Å². The van der Waals surface area contributed by atoms with Gasteiger partial charge in [-0.05, 0) is 24.8 Å². The molecular formula is C13H18N2O3S2. The predicted molar refractivity (Wildman–Crippen MR) is 81.1 cm³/mol. The minimum Gasteiger partial charge on any atom is -0.480 e. The third kappa shape index (κ3) is 3.09. The molecule has 0 spiro atoms. The van der Waals surface area contributed by atoms with Crippen LogP contribution in [0.3, 0.4) is 0 Å². The number of hydrogen-bond donors (Lipinski definition) is 2. The number of amides is 2. The van der Waals surface area contributed by atoms with E-state index in [0.717, 1.165) is 11.3 Å². The molecule has 1 saturated heterocycles. The number of carboxylic acids is 1. The molecule has 0 aliphatic carbocycles. The Bertz CT molecular complexity index is 478. The van der Waals surface area contributed by atoms with Crippen LogP contribution in [0, 0.1) is 0 Å². The van der Waals surface area contributed by atoms with E-state index in [4.69, 9.17) is 0 Å². The lowest BCUT2D eigenvalue weighted by atomic mass is 10.2. The molecule has 1 fully saturated rings. The van der Waals surface area contributed by atoms with E-state index < -0.39 is 12.0 Å². The first kappa shape index (κ1) is 15.2. The van der Waals surface area contributed by atoms with Gasteiger partial charge in [-0.2, -0.15) is 0 Å². The monoisotopic (exact) mass is 314 g/mol. The summed E-state index contributed by atoms with van der Waals surface area (Å²) in [5, 5.41) is 14.0. The van der Waals surface area contributed by atoms with Crippen molar-refractivity contribution in [3.8, 4) is 0 Å². The number of rotatable bonds is 4. The molecule has 1 aromatic heterocycles. The Kier molecular flexibility index (Phi) is 4.93. The Morgan fingerprint density at radius 2 is 2.35 bits per heavy atom. The minimum absolute atomic E-state index is 0.0604. The molecule has 5 nitrogen and oxygen atoms in total. The van der Waals surface area contributed by atoms with Gasteiger partial charge in [0.15, 0.2) is 0 Å². The van der Waals surface area contributed by atoms with Gasteiger partial charge in [0.25, 0.3) is 0 Å². The molecule has 20 heavy (non-hydrogen) atoms. The van der Waals surface area contributed by atoms with Gasteiger partial charge in [-0.3, -0.25) is 4.90 Å². The molecule has 2 N–H and O–H groups in total. The molecule has 1 aromatic rings. The second-order valence-corrected chi connectivity index (χ2v) is 6.95. The molecule has 0 saturated carbocycles. The summed E-state index contributed by atoms with van der Waals surface area (Å²) in [7, 11) is 0. The van der Waals surface area contributed by atoms with Gasteiger partial charge < -0.3 is 10.4 Å². The van der Waals surface area contributed by atoms with Crippen LogP contribution in [0.1, 0.15) is 31.2 Å². The Hall–Kier alpha value is -1.21. The number of carboxylic acid groups (broad SMARTS) is 1. The second-order valence-electron chi connectivity index (χ2n) is 4.62. The van der Waals surface area contributed by atoms with E-state index in [1.807, 2.05) is 31.4 Å². The molecule has 2 rings (SSSR count). The molecule has 1 aliphatic rings. The third-order valence-electron chi connectivity index (χ3n) is 3.33. The molecule has 0 bridgehead atoms. The van der Waals surface area contributed by atoms with E-state index in [1.165, 1.54) is 16.7 Å². The summed E-state index contributed by atoms with van der Waals surface area (Å²) in [6.07, 6.45) is 0.777. The Morgan fingerprint density at radius 3 is 2.90 bits per heavy atom. The molecule has 7 heteroatoms. The predicted octanol–water partition coefficient (Wildman–Crippen LogP) is 2.76. The van der Waals surface area contributed by atoms with E-state index in [9.17, 15) is 14.7 Å². The van der Waals surface area contributed by atoms with Crippen molar-refractivity contribution in [1.29, 1.82) is 0 Å². The molecule has 2 heterocycles. The summed E-state index contributed by atoms with van der Waals surface area (Å²) >= 11 is 3.08. The molecule has 2 amide bonds. The standard InChI is InChI=1S/C13H18N2O3S2/c1-3-9(11-5-4-6-19-11)14-13(18)15-8(2)20-7-10(15)12(16)17/h4-6,8-10H,3,7H2,1-2H3,(H,14,18)(H,16,17). The number of carbonyl (C=O) groups excluding carboxylic acids is 1. The number of carbonyl (C=O) groups is 2. The van der Waals surface area contributed by atoms with Crippen molar-refractivity contribution >= 4 is 35.1 Å². The number of urea groups is 1. The third-order valence-corrected chi connectivity index (χ3v) is 5.54. The maximum Gasteiger partial charge on any atom is 0.327 e. The van der Waals surface area contributed by atoms with E-state index in [1.54, 1.807) is 11.3 Å². The lowest BCUT2D eigenvalue weighted by Gasteiger charge is -2.27. The van der Waals surface area contributed by atoms with Crippen LogP contribution in [0.4, 0.5) is 4.79 Å². The smallest absolute Gasteiger partial charge is 0.327 e. The van der Waals surface area contributed by atoms with Crippen LogP contribution in [0.5, 0.6) is 0 Å². The summed E-state index contributed by atoms with van der Waals surface area (Å²) in [6.45, 7) is 3.86. The highest BCUT2D eigenvalue weighted by molar-refractivity contribution is 8.00. The number of nitrogens with zero attached hydrogens (tertiary/aromatic N) is 1. The lowest BCUT2D eigenvalue weighted by molar-refractivity contribution is -0.141. The summed E-state index contributed by atoms with van der Waals surface area (Å²) in [5.41, 5.74) is 0. The summed E-state index contributed by atoms with van der Waals surface area (Å²) in [4.78, 5) is 26.1. The fourth-order valence-electron chi connectivity index (χ4n) is 2.23. The summed E-state index contributed by atoms with van der Waals surface area (Å²) in [5.74, 6) is -0.499. The van der Waals surface area contributed by atoms with Crippen molar-refractivity contribution < 1.29 is 14.7 Å². The molecule has 0 aromatic carbocycles. The second kappa shape index (κ2) is 6.49. The number of thiophene rings is 1. The highest BCUT2D eigenvalue weighted by Crippen LogP contribution is 2.30. The fourth-order valence-corrected chi connectivity index (χ4v) is 4.26. The van der Waals surface area contributed by atoms with Crippen LogP contribution in [0.25, 0.3) is 0 Å². The van der Waals surface area contributed by atoms with Gasteiger partial charge >= 0.3 is 12.0 Å². The zero-order valence-corrected chi connectivity index (χ0v) is 13.0. The highest BCUT2D eigenvalue weighted by Gasteiger charge is 2.40. The SMILES string of the molecule is CCC(NC(=O)N1C(C)SCC1C(=O)O)c1cccs1. The van der Waals surface area contributed by atoms with Gasteiger partial charge in [0, 0.05) is 10.6 Å². The normalized spacial score (nSPS) is 23.6. The van der Waals surface area contributed by atoms with E-state index in [-0.39, 0.29) is 17.4 Å². The first-order chi connectivity index (χ1) is 9.54. The summed E-state index contributed by atoms with van der Waals surface area (Å²) in [6, 6.07) is 2.83. The Morgan fingerprint density at radius 1 is 1.60 bits per heavy atom. The van der Waals surface area contributed by atoms with Crippen molar-refractivity contribution in [2.45, 2.75) is 37.7 Å². The Balaban J connectivity index is 2.08. The van der Waals surface area contributed by atoms with Gasteiger partial charge in [-0.1, -0.05) is 13.0 Å². The zero-order valence-electron chi connectivity index (χ0n) is 11.4. The maximum absolute atomic E-state index is 12.4. The topological polar surface area (TPSA) is 69.6 Å². The van der Waals surface area contributed by atoms with Gasteiger partial charge in [-0.25, -0.2) is 9.59 Å². The number of nitrogens with one attached hydrogen (secondary N) is 1. The molecular weight excluding hydrogens is 296 g/mol. The van der Waals surface area contributed by atoms with Gasteiger partial charge in [0.2, 0.25) is 0 Å². The number of hydrogen-bond acceptors (Lipinski definition) is 4. The van der Waals surface area contributed by atoms with Gasteiger partial charge in [0.05, 0.1) is 11.4 Å². The van der Waals surface area contributed by atoms with Crippen molar-refractivity contribution in [2.75, 3.05) is 5.75 Å². The van der Waals surface area contributed by atoms with E-state index >= 15 is 0 Å². The van der Waals surface area contributed by atoms with E-state index in [0.29, 0.717) is 5.75 Å². The van der Waals surface area contributed by atoms with Crippen molar-refractivity contribution in [1.82, 2.24) is 10.2 Å². The maximum atomic E-state index is 12.4.